The molecular formula is C24H25FN4O4. The number of benzene rings is 2. The van der Waals surface area contributed by atoms with Crippen LogP contribution in [0, 0.1) is 5.82 Å². The quantitative estimate of drug-likeness (QED) is 0.774. The van der Waals surface area contributed by atoms with Crippen LogP contribution in [-0.2, 0) is 14.3 Å². The highest BCUT2D eigenvalue weighted by Gasteiger charge is 2.46. The van der Waals surface area contributed by atoms with Gasteiger partial charge in [0.25, 0.3) is 0 Å². The summed E-state index contributed by atoms with van der Waals surface area (Å²) in [7, 11) is 0. The van der Waals surface area contributed by atoms with E-state index in [4.69, 9.17) is 4.74 Å². The molecule has 172 valence electrons. The third kappa shape index (κ3) is 4.28. The van der Waals surface area contributed by atoms with Crippen LogP contribution in [0.2, 0.25) is 0 Å². The largest absolute Gasteiger partial charge is 0.441 e. The van der Waals surface area contributed by atoms with E-state index < -0.39 is 11.7 Å². The van der Waals surface area contributed by atoms with Crippen LogP contribution in [-0.4, -0.2) is 61.1 Å². The number of ether oxygens (including phenoxy) is 1. The minimum absolute atomic E-state index is 0.00212. The number of likely N-dealkylation sites (tertiary alicyclic amines) is 1. The molecule has 0 radical (unpaired) electrons. The van der Waals surface area contributed by atoms with E-state index in [9.17, 15) is 18.8 Å². The Hall–Kier alpha value is -3.46. The molecule has 1 atom stereocenters. The highest BCUT2D eigenvalue weighted by atomic mass is 19.1. The number of halogens is 1. The lowest BCUT2D eigenvalue weighted by atomic mass is 9.95. The molecule has 8 nitrogen and oxygen atoms in total. The highest BCUT2D eigenvalue weighted by molar-refractivity contribution is 6.10. The third-order valence-electron chi connectivity index (χ3n) is 6.53. The molecule has 0 bridgehead atoms. The highest BCUT2D eigenvalue weighted by Crippen LogP contribution is 2.36. The second-order valence-corrected chi connectivity index (χ2v) is 8.79. The summed E-state index contributed by atoms with van der Waals surface area (Å²) in [6, 6.07) is 13.1. The first-order valence-corrected chi connectivity index (χ1v) is 11.1. The fourth-order valence-corrected chi connectivity index (χ4v) is 4.82. The van der Waals surface area contributed by atoms with E-state index in [1.54, 1.807) is 23.1 Å². The van der Waals surface area contributed by atoms with Crippen molar-refractivity contribution in [3.63, 3.8) is 0 Å². The van der Waals surface area contributed by atoms with Crippen LogP contribution in [0.1, 0.15) is 19.3 Å². The molecule has 33 heavy (non-hydrogen) atoms. The number of para-hydroxylation sites is 2. The van der Waals surface area contributed by atoms with Crippen LogP contribution >= 0.6 is 0 Å². The van der Waals surface area contributed by atoms with E-state index in [1.807, 2.05) is 18.2 Å². The van der Waals surface area contributed by atoms with Crippen molar-refractivity contribution in [3.05, 3.63) is 54.3 Å². The minimum atomic E-state index is -0.624. The van der Waals surface area contributed by atoms with Gasteiger partial charge in [0, 0.05) is 18.7 Å². The van der Waals surface area contributed by atoms with Crippen LogP contribution in [0.25, 0.3) is 0 Å². The average Bonchev–Trinajstić information content (AvgIpc) is 3.00. The van der Waals surface area contributed by atoms with Crippen molar-refractivity contribution in [1.82, 2.24) is 4.90 Å². The number of hydrogen-bond acceptors (Lipinski definition) is 5. The molecule has 9 heteroatoms. The van der Waals surface area contributed by atoms with Gasteiger partial charge in [-0.05, 0) is 55.8 Å². The Kier molecular flexibility index (Phi) is 5.49. The van der Waals surface area contributed by atoms with Gasteiger partial charge in [0.2, 0.25) is 11.8 Å². The van der Waals surface area contributed by atoms with Crippen molar-refractivity contribution in [3.8, 4) is 0 Å². The number of nitrogens with zero attached hydrogens (tertiary/aromatic N) is 3. The van der Waals surface area contributed by atoms with Gasteiger partial charge in [0.05, 0.1) is 24.5 Å². The summed E-state index contributed by atoms with van der Waals surface area (Å²) in [5, 5.41) is 2.80. The lowest BCUT2D eigenvalue weighted by Crippen LogP contribution is -2.47. The fraction of sp³-hybridized carbons (Fsp3) is 0.375. The van der Waals surface area contributed by atoms with E-state index in [0.29, 0.717) is 49.5 Å². The second kappa shape index (κ2) is 8.47. The lowest BCUT2D eigenvalue weighted by molar-refractivity contribution is -0.122. The van der Waals surface area contributed by atoms with Crippen molar-refractivity contribution in [2.75, 3.05) is 47.8 Å². The molecule has 0 saturated carbocycles. The van der Waals surface area contributed by atoms with E-state index >= 15 is 0 Å². The number of nitrogens with one attached hydrogen (secondary N) is 1. The zero-order valence-electron chi connectivity index (χ0n) is 18.1. The zero-order chi connectivity index (χ0) is 23.0. The standard InChI is InChI=1S/C24H25FN4O4/c25-17-6-8-18(9-7-17)29-16-24(33-23(29)32)10-3-12-27(13-11-24)15-22(31)28-14-21(30)26-19-4-1-2-5-20(19)28/h1-2,4-9H,3,10-16H2,(H,26,30)/t24-/m1/s1. The molecule has 0 unspecified atom stereocenters. The first-order chi connectivity index (χ1) is 15.9. The summed E-state index contributed by atoms with van der Waals surface area (Å²) in [5.41, 5.74) is 1.32. The maximum Gasteiger partial charge on any atom is 0.415 e. The topological polar surface area (TPSA) is 82.2 Å². The van der Waals surface area contributed by atoms with Gasteiger partial charge in [-0.2, -0.15) is 0 Å². The first kappa shape index (κ1) is 21.4. The van der Waals surface area contributed by atoms with Crippen LogP contribution in [0.3, 0.4) is 0 Å². The van der Waals surface area contributed by atoms with Crippen LogP contribution in [0.15, 0.2) is 48.5 Å². The maximum absolute atomic E-state index is 13.3. The smallest absolute Gasteiger partial charge is 0.415 e. The van der Waals surface area contributed by atoms with Crippen molar-refractivity contribution in [2.45, 2.75) is 24.9 Å². The van der Waals surface area contributed by atoms with Gasteiger partial charge in [-0.15, -0.1) is 0 Å². The molecule has 2 aromatic carbocycles. The third-order valence-corrected chi connectivity index (χ3v) is 6.53. The van der Waals surface area contributed by atoms with Crippen LogP contribution in [0.4, 0.5) is 26.2 Å². The molecule has 3 amide bonds. The first-order valence-electron chi connectivity index (χ1n) is 11.1. The maximum atomic E-state index is 13.3. The molecule has 0 aliphatic carbocycles. The van der Waals surface area contributed by atoms with Crippen molar-refractivity contribution >= 4 is 35.0 Å². The Morgan fingerprint density at radius 2 is 1.85 bits per heavy atom. The molecule has 2 aromatic rings. The second-order valence-electron chi connectivity index (χ2n) is 8.79. The number of carbonyl (C=O) groups excluding carboxylic acids is 3. The van der Waals surface area contributed by atoms with E-state index in [-0.39, 0.29) is 30.7 Å². The predicted octanol–water partition coefficient (Wildman–Crippen LogP) is 2.99. The Morgan fingerprint density at radius 3 is 2.67 bits per heavy atom. The van der Waals surface area contributed by atoms with Gasteiger partial charge >= 0.3 is 6.09 Å². The SMILES string of the molecule is O=C1CN(C(=O)CN2CCC[C@@]3(CC2)CN(c2ccc(F)cc2)C(=O)O3)c2ccccc2N1. The van der Waals surface area contributed by atoms with Gasteiger partial charge in [0.1, 0.15) is 18.0 Å². The van der Waals surface area contributed by atoms with Crippen LogP contribution in [0.5, 0.6) is 0 Å². The normalized spacial score (nSPS) is 23.2. The molecule has 1 spiro atoms. The summed E-state index contributed by atoms with van der Waals surface area (Å²) in [6.07, 6.45) is 1.63. The Morgan fingerprint density at radius 1 is 1.06 bits per heavy atom. The monoisotopic (exact) mass is 452 g/mol. The number of amides is 3. The van der Waals surface area contributed by atoms with Gasteiger partial charge < -0.3 is 10.1 Å². The average molecular weight is 452 g/mol. The number of hydrogen-bond donors (Lipinski definition) is 1. The summed E-state index contributed by atoms with van der Waals surface area (Å²) in [5.74, 6) is -0.704. The van der Waals surface area contributed by atoms with Gasteiger partial charge in [-0.3, -0.25) is 24.3 Å². The van der Waals surface area contributed by atoms with E-state index in [0.717, 1.165) is 6.42 Å². The lowest BCUT2D eigenvalue weighted by Gasteiger charge is -2.31. The summed E-state index contributed by atoms with van der Waals surface area (Å²) >= 11 is 0. The number of fused-ring (bicyclic) bond motifs is 1. The van der Waals surface area contributed by atoms with E-state index in [1.165, 1.54) is 17.0 Å². The summed E-state index contributed by atoms with van der Waals surface area (Å²) in [6.45, 7) is 1.88. The molecule has 3 heterocycles. The van der Waals surface area contributed by atoms with Gasteiger partial charge in [0.15, 0.2) is 0 Å². The summed E-state index contributed by atoms with van der Waals surface area (Å²) < 4.78 is 19.1. The van der Waals surface area contributed by atoms with Crippen molar-refractivity contribution < 1.29 is 23.5 Å². The van der Waals surface area contributed by atoms with Crippen molar-refractivity contribution in [1.29, 1.82) is 0 Å². The summed E-state index contributed by atoms with van der Waals surface area (Å²) in [4.78, 5) is 42.8. The molecule has 3 aliphatic heterocycles. The van der Waals surface area contributed by atoms with Crippen molar-refractivity contribution in [2.24, 2.45) is 0 Å². The van der Waals surface area contributed by atoms with Gasteiger partial charge in [-0.1, -0.05) is 12.1 Å². The molecular weight excluding hydrogens is 427 g/mol. The molecule has 5 rings (SSSR count). The molecule has 2 saturated heterocycles. The molecule has 0 aromatic heterocycles. The number of anilines is 3. The molecule has 3 aliphatic rings. The Bertz CT molecular complexity index is 1090. The number of carbonyl (C=O) groups is 3. The number of rotatable bonds is 3. The Balaban J connectivity index is 1.24. The fourth-order valence-electron chi connectivity index (χ4n) is 4.82. The molecule has 1 N–H and O–H groups in total. The van der Waals surface area contributed by atoms with E-state index in [2.05, 4.69) is 10.2 Å². The van der Waals surface area contributed by atoms with Crippen LogP contribution < -0.4 is 15.1 Å². The minimum Gasteiger partial charge on any atom is -0.441 e. The molecule has 2 fully saturated rings. The Labute approximate surface area is 190 Å². The predicted molar refractivity (Wildman–Crippen MR) is 121 cm³/mol. The van der Waals surface area contributed by atoms with Gasteiger partial charge in [-0.25, -0.2) is 9.18 Å². The zero-order valence-corrected chi connectivity index (χ0v) is 18.1.